The van der Waals surface area contributed by atoms with Crippen molar-refractivity contribution in [2.24, 2.45) is 0 Å². The molecular formula is C23H24O. The van der Waals surface area contributed by atoms with E-state index in [0.29, 0.717) is 0 Å². The Balaban J connectivity index is 1.81. The molecule has 1 nitrogen and oxygen atoms in total. The fraction of sp³-hybridized carbons (Fsp3) is 0.217. The maximum atomic E-state index is 10.6. The van der Waals surface area contributed by atoms with E-state index in [1.807, 2.05) is 42.5 Å². The lowest BCUT2D eigenvalue weighted by Gasteiger charge is -2.20. The summed E-state index contributed by atoms with van der Waals surface area (Å²) in [4.78, 5) is 0. The van der Waals surface area contributed by atoms with Gasteiger partial charge in [0.1, 0.15) is 6.10 Å². The van der Waals surface area contributed by atoms with Crippen molar-refractivity contribution in [1.29, 1.82) is 0 Å². The van der Waals surface area contributed by atoms with Gasteiger partial charge in [-0.2, -0.15) is 0 Å². The van der Waals surface area contributed by atoms with Crippen LogP contribution < -0.4 is 0 Å². The Morgan fingerprint density at radius 2 is 1.08 bits per heavy atom. The van der Waals surface area contributed by atoms with Crippen molar-refractivity contribution in [3.05, 3.63) is 95.6 Å². The molecule has 0 saturated carbocycles. The summed E-state index contributed by atoms with van der Waals surface area (Å²) in [7, 11) is 0. The molecule has 1 heteroatoms. The molecule has 1 atom stereocenters. The van der Waals surface area contributed by atoms with Crippen molar-refractivity contribution < 1.29 is 5.11 Å². The molecule has 0 radical (unpaired) electrons. The summed E-state index contributed by atoms with van der Waals surface area (Å²) >= 11 is 0. The van der Waals surface area contributed by atoms with E-state index in [2.05, 4.69) is 57.2 Å². The highest BCUT2D eigenvalue weighted by molar-refractivity contribution is 5.63. The molecule has 0 aliphatic rings. The van der Waals surface area contributed by atoms with Gasteiger partial charge in [-0.1, -0.05) is 99.6 Å². The highest BCUT2D eigenvalue weighted by Crippen LogP contribution is 2.28. The van der Waals surface area contributed by atoms with Crippen molar-refractivity contribution in [2.45, 2.75) is 32.3 Å². The first-order valence-corrected chi connectivity index (χ1v) is 8.39. The largest absolute Gasteiger partial charge is 0.384 e. The standard InChI is InChI=1S/C23H24O/c1-23(2,3)21-15-13-20(14-16-21)22(24)19-11-9-18(10-12-19)17-7-5-4-6-8-17/h4-16,22,24H,1-3H3/t22-/m1/s1. The number of hydrogen-bond acceptors (Lipinski definition) is 1. The minimum Gasteiger partial charge on any atom is -0.384 e. The van der Waals surface area contributed by atoms with Crippen LogP contribution in [-0.2, 0) is 5.41 Å². The lowest BCUT2D eigenvalue weighted by molar-refractivity contribution is 0.220. The number of benzene rings is 3. The summed E-state index contributed by atoms with van der Waals surface area (Å²) in [6.45, 7) is 6.59. The molecule has 122 valence electrons. The van der Waals surface area contributed by atoms with Gasteiger partial charge in [0.2, 0.25) is 0 Å². The van der Waals surface area contributed by atoms with E-state index in [1.54, 1.807) is 0 Å². The van der Waals surface area contributed by atoms with E-state index < -0.39 is 6.10 Å². The second-order valence-electron chi connectivity index (χ2n) is 7.26. The van der Waals surface area contributed by atoms with Crippen LogP contribution >= 0.6 is 0 Å². The zero-order valence-electron chi connectivity index (χ0n) is 14.5. The Bertz CT molecular complexity index is 778. The van der Waals surface area contributed by atoms with Crippen LogP contribution in [0.15, 0.2) is 78.9 Å². The maximum absolute atomic E-state index is 10.6. The van der Waals surface area contributed by atoms with Gasteiger partial charge in [-0.25, -0.2) is 0 Å². The van der Waals surface area contributed by atoms with Gasteiger partial charge in [0.15, 0.2) is 0 Å². The third-order valence-electron chi connectivity index (χ3n) is 4.43. The predicted molar refractivity (Wildman–Crippen MR) is 101 cm³/mol. The maximum Gasteiger partial charge on any atom is 0.104 e. The molecule has 0 bridgehead atoms. The topological polar surface area (TPSA) is 20.2 Å². The molecule has 24 heavy (non-hydrogen) atoms. The van der Waals surface area contributed by atoms with Crippen LogP contribution in [0.25, 0.3) is 11.1 Å². The van der Waals surface area contributed by atoms with Gasteiger partial charge >= 0.3 is 0 Å². The van der Waals surface area contributed by atoms with Crippen LogP contribution in [0.3, 0.4) is 0 Å². The summed E-state index contributed by atoms with van der Waals surface area (Å²) in [5.74, 6) is 0. The Morgan fingerprint density at radius 1 is 0.625 bits per heavy atom. The molecule has 3 aromatic carbocycles. The van der Waals surface area contributed by atoms with Crippen molar-refractivity contribution in [3.8, 4) is 11.1 Å². The average Bonchev–Trinajstić information content (AvgIpc) is 2.61. The van der Waals surface area contributed by atoms with E-state index in [-0.39, 0.29) is 5.41 Å². The van der Waals surface area contributed by atoms with Crippen LogP contribution in [0.2, 0.25) is 0 Å². The first-order chi connectivity index (χ1) is 11.4. The van der Waals surface area contributed by atoms with E-state index >= 15 is 0 Å². The third kappa shape index (κ3) is 3.58. The molecule has 0 spiro atoms. The summed E-state index contributed by atoms with van der Waals surface area (Å²) < 4.78 is 0. The zero-order chi connectivity index (χ0) is 17.2. The fourth-order valence-electron chi connectivity index (χ4n) is 2.85. The van der Waals surface area contributed by atoms with Gasteiger partial charge in [-0.3, -0.25) is 0 Å². The molecule has 0 aliphatic carbocycles. The van der Waals surface area contributed by atoms with Crippen molar-refractivity contribution in [2.75, 3.05) is 0 Å². The monoisotopic (exact) mass is 316 g/mol. The van der Waals surface area contributed by atoms with Crippen LogP contribution in [0.4, 0.5) is 0 Å². The van der Waals surface area contributed by atoms with E-state index in [1.165, 1.54) is 11.1 Å². The number of aliphatic hydroxyl groups is 1. The van der Waals surface area contributed by atoms with Gasteiger partial charge in [0.25, 0.3) is 0 Å². The molecule has 0 unspecified atom stereocenters. The minimum absolute atomic E-state index is 0.126. The summed E-state index contributed by atoms with van der Waals surface area (Å²) in [5.41, 5.74) is 5.59. The summed E-state index contributed by atoms with van der Waals surface area (Å²) in [5, 5.41) is 10.6. The number of hydrogen-bond donors (Lipinski definition) is 1. The fourth-order valence-corrected chi connectivity index (χ4v) is 2.85. The molecule has 0 saturated heterocycles. The minimum atomic E-state index is -0.594. The van der Waals surface area contributed by atoms with E-state index in [9.17, 15) is 5.11 Å². The lowest BCUT2D eigenvalue weighted by Crippen LogP contribution is -2.11. The van der Waals surface area contributed by atoms with Gasteiger partial charge in [-0.05, 0) is 33.2 Å². The van der Waals surface area contributed by atoms with Crippen molar-refractivity contribution in [3.63, 3.8) is 0 Å². The highest BCUT2D eigenvalue weighted by Gasteiger charge is 2.15. The molecule has 0 heterocycles. The average molecular weight is 316 g/mol. The van der Waals surface area contributed by atoms with Crippen LogP contribution in [-0.4, -0.2) is 5.11 Å². The quantitative estimate of drug-likeness (QED) is 0.654. The van der Waals surface area contributed by atoms with Gasteiger partial charge in [0, 0.05) is 0 Å². The molecule has 0 amide bonds. The molecule has 0 fully saturated rings. The smallest absolute Gasteiger partial charge is 0.104 e. The van der Waals surface area contributed by atoms with Crippen LogP contribution in [0.5, 0.6) is 0 Å². The van der Waals surface area contributed by atoms with Gasteiger partial charge < -0.3 is 5.11 Å². The van der Waals surface area contributed by atoms with Gasteiger partial charge in [0.05, 0.1) is 0 Å². The van der Waals surface area contributed by atoms with Crippen LogP contribution in [0.1, 0.15) is 43.6 Å². The predicted octanol–water partition coefficient (Wildman–Crippen LogP) is 5.73. The Kier molecular flexibility index (Phi) is 4.55. The van der Waals surface area contributed by atoms with E-state index in [4.69, 9.17) is 0 Å². The van der Waals surface area contributed by atoms with Crippen LogP contribution in [0, 0.1) is 0 Å². The second kappa shape index (κ2) is 6.62. The van der Waals surface area contributed by atoms with E-state index in [0.717, 1.165) is 16.7 Å². The Labute approximate surface area is 144 Å². The highest BCUT2D eigenvalue weighted by atomic mass is 16.3. The number of aliphatic hydroxyl groups excluding tert-OH is 1. The molecule has 0 aromatic heterocycles. The first kappa shape index (κ1) is 16.5. The Morgan fingerprint density at radius 3 is 1.58 bits per heavy atom. The second-order valence-corrected chi connectivity index (χ2v) is 7.26. The summed E-state index contributed by atoms with van der Waals surface area (Å²) in [6, 6.07) is 26.7. The van der Waals surface area contributed by atoms with Gasteiger partial charge in [-0.15, -0.1) is 0 Å². The molecule has 0 aliphatic heterocycles. The zero-order valence-corrected chi connectivity index (χ0v) is 14.5. The molecule has 1 N–H and O–H groups in total. The lowest BCUT2D eigenvalue weighted by atomic mass is 9.86. The van der Waals surface area contributed by atoms with Crippen molar-refractivity contribution in [1.82, 2.24) is 0 Å². The first-order valence-electron chi connectivity index (χ1n) is 8.39. The van der Waals surface area contributed by atoms with Crippen molar-refractivity contribution >= 4 is 0 Å². The molecule has 3 rings (SSSR count). The SMILES string of the molecule is CC(C)(C)c1ccc([C@H](O)c2ccc(-c3ccccc3)cc2)cc1. The summed E-state index contributed by atoms with van der Waals surface area (Å²) in [6.07, 6.45) is -0.594. The molecule has 3 aromatic rings. The number of rotatable bonds is 3. The molecular weight excluding hydrogens is 292 g/mol. The normalized spacial score (nSPS) is 12.8. The third-order valence-corrected chi connectivity index (χ3v) is 4.43. The Hall–Kier alpha value is -2.38.